The molecule has 0 aromatic carbocycles. The molecule has 0 aliphatic heterocycles. The maximum atomic E-state index is 11.5. The summed E-state index contributed by atoms with van der Waals surface area (Å²) in [4.78, 5) is 22.0. The van der Waals surface area contributed by atoms with Crippen LogP contribution in [0.25, 0.3) is 0 Å². The van der Waals surface area contributed by atoms with Gasteiger partial charge in [-0.25, -0.2) is 13.1 Å². The van der Waals surface area contributed by atoms with E-state index in [0.717, 1.165) is 6.26 Å². The van der Waals surface area contributed by atoms with Gasteiger partial charge in [0, 0.05) is 19.5 Å². The Morgan fingerprint density at radius 1 is 1.17 bits per heavy atom. The van der Waals surface area contributed by atoms with Gasteiger partial charge in [0.25, 0.3) is 0 Å². The molecule has 0 unspecified atom stereocenters. The highest BCUT2D eigenvalue weighted by molar-refractivity contribution is 7.88. The lowest BCUT2D eigenvalue weighted by Gasteiger charge is -2.21. The van der Waals surface area contributed by atoms with Gasteiger partial charge in [0.1, 0.15) is 0 Å². The number of rotatable bonds is 8. The Labute approximate surface area is 107 Å². The second kappa shape index (κ2) is 6.69. The number of carbonyl (C=O) groups excluding carboxylic acids is 1. The Morgan fingerprint density at radius 2 is 1.72 bits per heavy atom. The summed E-state index contributed by atoms with van der Waals surface area (Å²) in [6.45, 7) is 3.67. The molecule has 0 bridgehead atoms. The number of hydrogen-bond acceptors (Lipinski definition) is 4. The number of amides is 1. The summed E-state index contributed by atoms with van der Waals surface area (Å²) in [5.74, 6) is -1.25. The molecule has 0 aromatic rings. The van der Waals surface area contributed by atoms with Gasteiger partial charge in [-0.05, 0) is 5.41 Å². The quantitative estimate of drug-likeness (QED) is 0.521. The van der Waals surface area contributed by atoms with E-state index in [4.69, 9.17) is 5.11 Å². The van der Waals surface area contributed by atoms with Crippen LogP contribution in [0.15, 0.2) is 0 Å². The highest BCUT2D eigenvalue weighted by Gasteiger charge is 2.24. The van der Waals surface area contributed by atoms with Crippen LogP contribution >= 0.6 is 0 Å². The van der Waals surface area contributed by atoms with Gasteiger partial charge in [-0.1, -0.05) is 13.8 Å². The first-order valence-corrected chi connectivity index (χ1v) is 7.34. The lowest BCUT2D eigenvalue weighted by molar-refractivity contribution is -0.139. The van der Waals surface area contributed by atoms with E-state index >= 15 is 0 Å². The second-order valence-corrected chi connectivity index (χ2v) is 6.76. The first-order valence-electron chi connectivity index (χ1n) is 5.45. The fourth-order valence-corrected chi connectivity index (χ4v) is 1.88. The van der Waals surface area contributed by atoms with E-state index in [2.05, 4.69) is 10.0 Å². The normalized spacial score (nSPS) is 12.2. The monoisotopic (exact) mass is 280 g/mol. The van der Waals surface area contributed by atoms with Crippen LogP contribution in [-0.4, -0.2) is 44.7 Å². The first-order chi connectivity index (χ1) is 8.02. The van der Waals surface area contributed by atoms with Gasteiger partial charge in [-0.15, -0.1) is 0 Å². The van der Waals surface area contributed by atoms with Crippen molar-refractivity contribution in [3.05, 3.63) is 0 Å². The molecule has 0 rings (SSSR count). The van der Waals surface area contributed by atoms with Crippen LogP contribution in [0.3, 0.4) is 0 Å². The summed E-state index contributed by atoms with van der Waals surface area (Å²) >= 11 is 0. The van der Waals surface area contributed by atoms with Crippen molar-refractivity contribution >= 4 is 21.9 Å². The van der Waals surface area contributed by atoms with Crippen LogP contribution in [0.1, 0.15) is 26.7 Å². The molecule has 3 N–H and O–H groups in total. The first kappa shape index (κ1) is 16.9. The molecule has 0 fully saturated rings. The molecular weight excluding hydrogens is 260 g/mol. The van der Waals surface area contributed by atoms with Gasteiger partial charge >= 0.3 is 5.97 Å². The zero-order valence-electron chi connectivity index (χ0n) is 10.8. The minimum atomic E-state index is -3.25. The molecule has 0 aliphatic rings. The van der Waals surface area contributed by atoms with Crippen molar-refractivity contribution in [1.82, 2.24) is 10.0 Å². The van der Waals surface area contributed by atoms with Gasteiger partial charge < -0.3 is 10.4 Å². The number of hydrogen-bond donors (Lipinski definition) is 3. The van der Waals surface area contributed by atoms with E-state index in [1.165, 1.54) is 0 Å². The Kier molecular flexibility index (Phi) is 6.27. The molecule has 106 valence electrons. The number of carboxylic acids is 1. The predicted octanol–water partition coefficient (Wildman–Crippen LogP) is -0.457. The fourth-order valence-electron chi connectivity index (χ4n) is 1.41. The Hall–Kier alpha value is -1.15. The maximum Gasteiger partial charge on any atom is 0.303 e. The van der Waals surface area contributed by atoms with Crippen LogP contribution in [0.2, 0.25) is 0 Å². The lowest BCUT2D eigenvalue weighted by atomic mass is 9.85. The van der Waals surface area contributed by atoms with Crippen molar-refractivity contribution < 1.29 is 23.1 Å². The van der Waals surface area contributed by atoms with Crippen LogP contribution < -0.4 is 10.0 Å². The third kappa shape index (κ3) is 10.0. The van der Waals surface area contributed by atoms with Crippen molar-refractivity contribution in [3.63, 3.8) is 0 Å². The second-order valence-electron chi connectivity index (χ2n) is 4.93. The van der Waals surface area contributed by atoms with Crippen molar-refractivity contribution in [3.8, 4) is 0 Å². The van der Waals surface area contributed by atoms with Crippen LogP contribution in [-0.2, 0) is 19.6 Å². The number of aliphatic carboxylic acids is 1. The van der Waals surface area contributed by atoms with E-state index in [-0.39, 0.29) is 31.8 Å². The van der Waals surface area contributed by atoms with Gasteiger partial charge in [0.15, 0.2) is 0 Å². The predicted molar refractivity (Wildman–Crippen MR) is 66.5 cm³/mol. The Morgan fingerprint density at radius 3 is 2.17 bits per heavy atom. The van der Waals surface area contributed by atoms with Gasteiger partial charge in [0.2, 0.25) is 15.9 Å². The summed E-state index contributed by atoms with van der Waals surface area (Å²) in [6.07, 6.45) is 1.02. The molecule has 0 atom stereocenters. The Bertz CT molecular complexity index is 402. The summed E-state index contributed by atoms with van der Waals surface area (Å²) in [5.41, 5.74) is -0.625. The van der Waals surface area contributed by atoms with Crippen LogP contribution in [0.5, 0.6) is 0 Å². The molecule has 0 heterocycles. The minimum absolute atomic E-state index is 0.0815. The van der Waals surface area contributed by atoms with Crippen molar-refractivity contribution in [1.29, 1.82) is 0 Å². The fraction of sp³-hybridized carbons (Fsp3) is 0.800. The number of carboxylic acid groups (broad SMARTS) is 1. The summed E-state index contributed by atoms with van der Waals surface area (Å²) in [6, 6.07) is 0. The largest absolute Gasteiger partial charge is 0.481 e. The summed E-state index contributed by atoms with van der Waals surface area (Å²) in [5, 5.41) is 11.2. The molecule has 0 aliphatic carbocycles. The minimum Gasteiger partial charge on any atom is -0.481 e. The molecular formula is C10H20N2O5S. The maximum absolute atomic E-state index is 11.5. The van der Waals surface area contributed by atoms with E-state index in [1.54, 1.807) is 13.8 Å². The van der Waals surface area contributed by atoms with Crippen molar-refractivity contribution in [2.45, 2.75) is 26.7 Å². The van der Waals surface area contributed by atoms with Crippen molar-refractivity contribution in [2.75, 3.05) is 19.3 Å². The molecule has 7 nitrogen and oxygen atoms in total. The van der Waals surface area contributed by atoms with E-state index in [1.807, 2.05) is 0 Å². The number of carbonyl (C=O) groups is 2. The van der Waals surface area contributed by atoms with E-state index < -0.39 is 21.4 Å². The third-order valence-electron chi connectivity index (χ3n) is 2.08. The number of sulfonamides is 1. The smallest absolute Gasteiger partial charge is 0.303 e. The van der Waals surface area contributed by atoms with Gasteiger partial charge in [-0.3, -0.25) is 9.59 Å². The van der Waals surface area contributed by atoms with E-state index in [9.17, 15) is 18.0 Å². The summed E-state index contributed by atoms with van der Waals surface area (Å²) in [7, 11) is -3.25. The van der Waals surface area contributed by atoms with Crippen LogP contribution in [0.4, 0.5) is 0 Å². The molecule has 18 heavy (non-hydrogen) atoms. The SMILES string of the molecule is CC(C)(CC(=O)O)CC(=O)NCCNS(C)(=O)=O. The third-order valence-corrected chi connectivity index (χ3v) is 2.81. The number of nitrogens with one attached hydrogen (secondary N) is 2. The molecule has 0 spiro atoms. The molecule has 8 heteroatoms. The zero-order chi connectivity index (χ0) is 14.4. The highest BCUT2D eigenvalue weighted by Crippen LogP contribution is 2.24. The standard InChI is InChI=1S/C10H20N2O5S/c1-10(2,7-9(14)15)6-8(13)11-4-5-12-18(3,16)17/h12H,4-7H2,1-3H3,(H,11,13)(H,14,15). The molecule has 0 saturated carbocycles. The average Bonchev–Trinajstić information content (AvgIpc) is 2.07. The molecule has 0 radical (unpaired) electrons. The topological polar surface area (TPSA) is 113 Å². The van der Waals surface area contributed by atoms with E-state index in [0.29, 0.717) is 0 Å². The molecule has 0 aromatic heterocycles. The van der Waals surface area contributed by atoms with Gasteiger partial charge in [-0.2, -0.15) is 0 Å². The molecule has 0 saturated heterocycles. The van der Waals surface area contributed by atoms with Crippen molar-refractivity contribution in [2.24, 2.45) is 5.41 Å². The van der Waals surface area contributed by atoms with Crippen LogP contribution in [0, 0.1) is 5.41 Å². The Balaban J connectivity index is 3.94. The lowest BCUT2D eigenvalue weighted by Crippen LogP contribution is -2.36. The summed E-state index contributed by atoms with van der Waals surface area (Å²) < 4.78 is 23.7. The van der Waals surface area contributed by atoms with Gasteiger partial charge in [0.05, 0.1) is 12.7 Å². The molecule has 1 amide bonds. The average molecular weight is 280 g/mol. The zero-order valence-corrected chi connectivity index (χ0v) is 11.6. The highest BCUT2D eigenvalue weighted by atomic mass is 32.2.